The zero-order valence-corrected chi connectivity index (χ0v) is 13.2. The van der Waals surface area contributed by atoms with E-state index in [0.29, 0.717) is 6.61 Å². The summed E-state index contributed by atoms with van der Waals surface area (Å²) in [4.78, 5) is 18.2. The van der Waals surface area contributed by atoms with Crippen LogP contribution in [0, 0.1) is 6.92 Å². The fraction of sp³-hybridized carbons (Fsp3) is 0.333. The summed E-state index contributed by atoms with van der Waals surface area (Å²) in [6.45, 7) is 4.27. The van der Waals surface area contributed by atoms with Crippen molar-refractivity contribution in [3.05, 3.63) is 26.5 Å². The predicted molar refractivity (Wildman–Crippen MR) is 78.2 cm³/mol. The molecule has 96 valence electrons. The second-order valence-electron chi connectivity index (χ2n) is 3.64. The van der Waals surface area contributed by atoms with Crippen LogP contribution in [0.3, 0.4) is 0 Å². The number of hydrogen-bond donors (Lipinski definition) is 0. The van der Waals surface area contributed by atoms with E-state index in [2.05, 4.69) is 33.9 Å². The molecular formula is C12H12BrNO2S2. The Labute approximate surface area is 122 Å². The molecule has 0 aliphatic heterocycles. The molecule has 0 atom stereocenters. The number of aromatic nitrogens is 1. The van der Waals surface area contributed by atoms with Gasteiger partial charge in [0.15, 0.2) is 0 Å². The molecule has 0 saturated heterocycles. The molecule has 2 heterocycles. The van der Waals surface area contributed by atoms with Gasteiger partial charge in [-0.05, 0) is 35.8 Å². The zero-order chi connectivity index (χ0) is 13.1. The molecule has 3 nitrogen and oxygen atoms in total. The van der Waals surface area contributed by atoms with E-state index in [1.807, 2.05) is 5.38 Å². The highest BCUT2D eigenvalue weighted by molar-refractivity contribution is 9.10. The number of carbonyl (C=O) groups is 1. The Morgan fingerprint density at radius 3 is 2.94 bits per heavy atom. The molecule has 18 heavy (non-hydrogen) atoms. The largest absolute Gasteiger partial charge is 0.466 e. The summed E-state index contributed by atoms with van der Waals surface area (Å²) in [5.41, 5.74) is 0.774. The molecule has 0 unspecified atom stereocenters. The number of esters is 1. The normalized spacial score (nSPS) is 10.6. The highest BCUT2D eigenvalue weighted by atomic mass is 79.9. The van der Waals surface area contributed by atoms with Gasteiger partial charge in [-0.1, -0.05) is 0 Å². The summed E-state index contributed by atoms with van der Waals surface area (Å²) in [5.74, 6) is -0.224. The SMILES string of the molecule is CCOC(=O)Cc1csc(-c2cc(Br)c(C)s2)n1. The van der Waals surface area contributed by atoms with Crippen LogP contribution in [0.4, 0.5) is 0 Å². The lowest BCUT2D eigenvalue weighted by molar-refractivity contribution is -0.142. The van der Waals surface area contributed by atoms with E-state index < -0.39 is 0 Å². The molecule has 0 aliphatic rings. The first-order valence-electron chi connectivity index (χ1n) is 5.46. The molecule has 0 aliphatic carbocycles. The second kappa shape index (κ2) is 5.95. The van der Waals surface area contributed by atoms with Crippen molar-refractivity contribution in [3.63, 3.8) is 0 Å². The van der Waals surface area contributed by atoms with E-state index in [1.165, 1.54) is 4.88 Å². The van der Waals surface area contributed by atoms with Gasteiger partial charge in [0.25, 0.3) is 0 Å². The van der Waals surface area contributed by atoms with Gasteiger partial charge in [-0.2, -0.15) is 0 Å². The summed E-state index contributed by atoms with van der Waals surface area (Å²) >= 11 is 6.74. The van der Waals surface area contributed by atoms with E-state index >= 15 is 0 Å². The molecule has 0 radical (unpaired) electrons. The number of carbonyl (C=O) groups excluding carboxylic acids is 1. The number of halogens is 1. The van der Waals surface area contributed by atoms with Crippen LogP contribution in [-0.4, -0.2) is 17.6 Å². The maximum Gasteiger partial charge on any atom is 0.311 e. The van der Waals surface area contributed by atoms with Crippen molar-refractivity contribution in [1.82, 2.24) is 4.98 Å². The number of rotatable bonds is 4. The standard InChI is InChI=1S/C12H12BrNO2S2/c1-3-16-11(15)4-8-6-17-12(14-8)10-5-9(13)7(2)18-10/h5-6H,3-4H2,1-2H3. The zero-order valence-electron chi connectivity index (χ0n) is 10.0. The maximum atomic E-state index is 11.4. The van der Waals surface area contributed by atoms with Crippen molar-refractivity contribution in [3.8, 4) is 9.88 Å². The molecule has 2 aromatic heterocycles. The van der Waals surface area contributed by atoms with Gasteiger partial charge in [-0.3, -0.25) is 4.79 Å². The summed E-state index contributed by atoms with van der Waals surface area (Å²) in [6.07, 6.45) is 0.246. The number of nitrogens with zero attached hydrogens (tertiary/aromatic N) is 1. The molecule has 0 fully saturated rings. The van der Waals surface area contributed by atoms with E-state index in [4.69, 9.17) is 4.74 Å². The molecule has 6 heteroatoms. The Hall–Kier alpha value is -0.720. The smallest absolute Gasteiger partial charge is 0.311 e. The van der Waals surface area contributed by atoms with E-state index in [9.17, 15) is 4.79 Å². The first-order chi connectivity index (χ1) is 8.60. The van der Waals surface area contributed by atoms with Crippen LogP contribution in [-0.2, 0) is 16.0 Å². The first-order valence-corrected chi connectivity index (χ1v) is 7.95. The van der Waals surface area contributed by atoms with Gasteiger partial charge in [0.05, 0.1) is 23.6 Å². The van der Waals surface area contributed by atoms with Gasteiger partial charge in [0.2, 0.25) is 0 Å². The molecule has 0 amide bonds. The Morgan fingerprint density at radius 2 is 2.33 bits per heavy atom. The monoisotopic (exact) mass is 345 g/mol. The van der Waals surface area contributed by atoms with Crippen LogP contribution in [0.1, 0.15) is 17.5 Å². The van der Waals surface area contributed by atoms with Crippen LogP contribution in [0.15, 0.2) is 15.9 Å². The van der Waals surface area contributed by atoms with Crippen molar-refractivity contribution in [2.75, 3.05) is 6.61 Å². The summed E-state index contributed by atoms with van der Waals surface area (Å²) < 4.78 is 6.01. The first kappa shape index (κ1) is 13.7. The minimum absolute atomic E-state index is 0.224. The minimum Gasteiger partial charge on any atom is -0.466 e. The van der Waals surface area contributed by atoms with Gasteiger partial charge in [-0.15, -0.1) is 22.7 Å². The average Bonchev–Trinajstić information content (AvgIpc) is 2.87. The van der Waals surface area contributed by atoms with Gasteiger partial charge in [0.1, 0.15) is 5.01 Å². The molecular weight excluding hydrogens is 334 g/mol. The second-order valence-corrected chi connectivity index (χ2v) is 6.61. The molecule has 2 aromatic rings. The van der Waals surface area contributed by atoms with E-state index in [0.717, 1.165) is 20.1 Å². The topological polar surface area (TPSA) is 39.2 Å². The number of hydrogen-bond acceptors (Lipinski definition) is 5. The van der Waals surface area contributed by atoms with Gasteiger partial charge in [0, 0.05) is 14.7 Å². The van der Waals surface area contributed by atoms with Crippen molar-refractivity contribution < 1.29 is 9.53 Å². The minimum atomic E-state index is -0.224. The van der Waals surface area contributed by atoms with Gasteiger partial charge >= 0.3 is 5.97 Å². The highest BCUT2D eigenvalue weighted by Gasteiger charge is 2.12. The van der Waals surface area contributed by atoms with Crippen molar-refractivity contribution in [1.29, 1.82) is 0 Å². The fourth-order valence-corrected chi connectivity index (χ4v) is 3.84. The van der Waals surface area contributed by atoms with Crippen LogP contribution in [0.2, 0.25) is 0 Å². The Balaban J connectivity index is 2.13. The summed E-state index contributed by atoms with van der Waals surface area (Å²) in [6, 6.07) is 2.06. The lowest BCUT2D eigenvalue weighted by Gasteiger charge is -1.97. The van der Waals surface area contributed by atoms with Crippen LogP contribution >= 0.6 is 38.6 Å². The van der Waals surface area contributed by atoms with Crippen LogP contribution in [0.25, 0.3) is 9.88 Å². The van der Waals surface area contributed by atoms with E-state index in [-0.39, 0.29) is 12.4 Å². The Bertz CT molecular complexity index is 543. The van der Waals surface area contributed by atoms with Crippen LogP contribution < -0.4 is 0 Å². The summed E-state index contributed by atoms with van der Waals surface area (Å²) in [5, 5.41) is 2.86. The van der Waals surface area contributed by atoms with E-state index in [1.54, 1.807) is 29.6 Å². The third kappa shape index (κ3) is 3.18. The molecule has 2 rings (SSSR count). The third-order valence-corrected chi connectivity index (χ3v) is 5.45. The van der Waals surface area contributed by atoms with Gasteiger partial charge < -0.3 is 4.74 Å². The van der Waals surface area contributed by atoms with Crippen molar-refractivity contribution >= 4 is 44.6 Å². The lowest BCUT2D eigenvalue weighted by atomic mass is 10.3. The van der Waals surface area contributed by atoms with Crippen LogP contribution in [0.5, 0.6) is 0 Å². The highest BCUT2D eigenvalue weighted by Crippen LogP contribution is 2.35. The average molecular weight is 346 g/mol. The number of thiazole rings is 1. The maximum absolute atomic E-state index is 11.4. The molecule has 0 spiro atoms. The number of aryl methyl sites for hydroxylation is 1. The van der Waals surface area contributed by atoms with Crippen molar-refractivity contribution in [2.45, 2.75) is 20.3 Å². The summed E-state index contributed by atoms with van der Waals surface area (Å²) in [7, 11) is 0. The molecule has 0 aromatic carbocycles. The molecule has 0 N–H and O–H groups in total. The molecule has 0 bridgehead atoms. The Morgan fingerprint density at radius 1 is 1.56 bits per heavy atom. The fourth-order valence-electron chi connectivity index (χ4n) is 1.43. The lowest BCUT2D eigenvalue weighted by Crippen LogP contribution is -2.07. The number of thiophene rings is 1. The van der Waals surface area contributed by atoms with Crippen molar-refractivity contribution in [2.24, 2.45) is 0 Å². The number of ether oxygens (including phenoxy) is 1. The van der Waals surface area contributed by atoms with Gasteiger partial charge in [-0.25, -0.2) is 4.98 Å². The third-order valence-electron chi connectivity index (χ3n) is 2.25. The quantitative estimate of drug-likeness (QED) is 0.784. The molecule has 0 saturated carbocycles. The Kier molecular flexibility index (Phi) is 4.53. The predicted octanol–water partition coefficient (Wildman–Crippen LogP) is 4.05.